The maximum Gasteiger partial charge on any atom is 0.319 e. The number of hydrogen-bond acceptors (Lipinski definition) is 2. The summed E-state index contributed by atoms with van der Waals surface area (Å²) < 4.78 is 0.729. The molecule has 3 N–H and O–H groups in total. The number of hydrogen-bond donors (Lipinski definition) is 3. The van der Waals surface area contributed by atoms with Crippen molar-refractivity contribution in [2.75, 3.05) is 18.5 Å². The van der Waals surface area contributed by atoms with Gasteiger partial charge in [0.25, 0.3) is 0 Å². The lowest BCUT2D eigenvalue weighted by molar-refractivity contribution is 0.204. The Morgan fingerprint density at radius 3 is 2.74 bits per heavy atom. The number of nitrogens with one attached hydrogen (secondary N) is 2. The molecule has 106 valence electrons. The second kappa shape index (κ2) is 7.12. The Bertz CT molecular complexity index is 452. The average Bonchev–Trinajstić information content (AvgIpc) is 2.32. The molecule has 0 saturated heterocycles. The van der Waals surface area contributed by atoms with Gasteiger partial charge in [-0.15, -0.1) is 0 Å². The summed E-state index contributed by atoms with van der Waals surface area (Å²) in [5, 5.41) is 15.0. The molecule has 2 amide bonds. The van der Waals surface area contributed by atoms with E-state index in [4.69, 9.17) is 16.7 Å². The fourth-order valence-corrected chi connectivity index (χ4v) is 1.96. The molecule has 0 aliphatic rings. The quantitative estimate of drug-likeness (QED) is 0.760. The Morgan fingerprint density at radius 2 is 2.16 bits per heavy atom. The van der Waals surface area contributed by atoms with Gasteiger partial charge in [-0.2, -0.15) is 0 Å². The Kier molecular flexibility index (Phi) is 6.10. The maximum atomic E-state index is 11.7. The molecule has 0 aliphatic carbocycles. The van der Waals surface area contributed by atoms with Crippen LogP contribution in [0.15, 0.2) is 22.7 Å². The summed E-state index contributed by atoms with van der Waals surface area (Å²) in [4.78, 5) is 11.7. The zero-order valence-electron chi connectivity index (χ0n) is 11.0. The number of aliphatic hydroxyl groups excluding tert-OH is 1. The van der Waals surface area contributed by atoms with Crippen LogP contribution in [0, 0.1) is 5.41 Å². The van der Waals surface area contributed by atoms with E-state index in [1.165, 1.54) is 0 Å². The molecule has 0 saturated carbocycles. The predicted octanol–water partition coefficient (Wildman–Crippen LogP) is 3.63. The van der Waals surface area contributed by atoms with Gasteiger partial charge in [0.05, 0.1) is 5.02 Å². The van der Waals surface area contributed by atoms with Crippen molar-refractivity contribution in [1.82, 2.24) is 5.32 Å². The highest BCUT2D eigenvalue weighted by Gasteiger charge is 2.18. The summed E-state index contributed by atoms with van der Waals surface area (Å²) >= 11 is 9.17. The summed E-state index contributed by atoms with van der Waals surface area (Å²) in [5.41, 5.74) is 0.529. The summed E-state index contributed by atoms with van der Waals surface area (Å²) in [6.07, 6.45) is 0.639. The lowest BCUT2D eigenvalue weighted by atomic mass is 9.90. The van der Waals surface area contributed by atoms with Crippen LogP contribution in [0.4, 0.5) is 10.5 Å². The van der Waals surface area contributed by atoms with Crippen LogP contribution >= 0.6 is 27.5 Å². The minimum absolute atomic E-state index is 0.112. The number of urea groups is 1. The van der Waals surface area contributed by atoms with E-state index < -0.39 is 0 Å². The van der Waals surface area contributed by atoms with Gasteiger partial charge in [-0.3, -0.25) is 0 Å². The molecule has 0 unspecified atom stereocenters. The molecule has 0 bridgehead atoms. The lowest BCUT2D eigenvalue weighted by Crippen LogP contribution is -2.37. The minimum Gasteiger partial charge on any atom is -0.396 e. The molecule has 4 nitrogen and oxygen atoms in total. The highest BCUT2D eigenvalue weighted by atomic mass is 79.9. The third-order valence-electron chi connectivity index (χ3n) is 2.69. The largest absolute Gasteiger partial charge is 0.396 e. The fourth-order valence-electron chi connectivity index (χ4n) is 1.46. The van der Waals surface area contributed by atoms with Crippen molar-refractivity contribution in [3.05, 3.63) is 27.7 Å². The Morgan fingerprint density at radius 1 is 1.47 bits per heavy atom. The third-order valence-corrected chi connectivity index (χ3v) is 3.91. The van der Waals surface area contributed by atoms with Crippen molar-refractivity contribution < 1.29 is 9.90 Å². The zero-order chi connectivity index (χ0) is 14.5. The molecule has 6 heteroatoms. The molecule has 0 atom stereocenters. The average molecular weight is 350 g/mol. The Labute approximate surface area is 126 Å². The van der Waals surface area contributed by atoms with Gasteiger partial charge >= 0.3 is 6.03 Å². The number of benzene rings is 1. The van der Waals surface area contributed by atoms with E-state index in [1.54, 1.807) is 18.2 Å². The molecule has 1 aromatic carbocycles. The number of amides is 2. The molecule has 1 aromatic rings. The van der Waals surface area contributed by atoms with Crippen LogP contribution in [0.2, 0.25) is 5.02 Å². The SMILES string of the molecule is CC(C)(CCO)CNC(=O)Nc1ccc(Cl)c(Br)c1. The third kappa shape index (κ3) is 5.80. The van der Waals surface area contributed by atoms with Crippen molar-refractivity contribution >= 4 is 39.2 Å². The van der Waals surface area contributed by atoms with Gasteiger partial charge in [0.15, 0.2) is 0 Å². The summed E-state index contributed by atoms with van der Waals surface area (Å²) in [6, 6.07) is 4.89. The zero-order valence-corrected chi connectivity index (χ0v) is 13.3. The minimum atomic E-state index is -0.278. The van der Waals surface area contributed by atoms with Gasteiger partial charge in [0.1, 0.15) is 0 Å². The highest BCUT2D eigenvalue weighted by molar-refractivity contribution is 9.10. The van der Waals surface area contributed by atoms with Crippen molar-refractivity contribution in [2.24, 2.45) is 5.41 Å². The summed E-state index contributed by atoms with van der Waals surface area (Å²) in [7, 11) is 0. The second-order valence-electron chi connectivity index (χ2n) is 5.07. The molecule has 0 aliphatic heterocycles. The van der Waals surface area contributed by atoms with E-state index >= 15 is 0 Å². The first kappa shape index (κ1) is 16.3. The van der Waals surface area contributed by atoms with Gasteiger partial charge in [-0.05, 0) is 46.0 Å². The molecule has 0 fully saturated rings. The van der Waals surface area contributed by atoms with Crippen LogP contribution in [0.25, 0.3) is 0 Å². The van der Waals surface area contributed by atoms with E-state index in [1.807, 2.05) is 13.8 Å². The van der Waals surface area contributed by atoms with Gasteiger partial charge < -0.3 is 15.7 Å². The summed E-state index contributed by atoms with van der Waals surface area (Å²) in [6.45, 7) is 4.58. The van der Waals surface area contributed by atoms with E-state index in [-0.39, 0.29) is 18.1 Å². The Balaban J connectivity index is 2.49. The topological polar surface area (TPSA) is 61.4 Å². The van der Waals surface area contributed by atoms with Gasteiger partial charge in [-0.25, -0.2) is 4.79 Å². The molecule has 19 heavy (non-hydrogen) atoms. The fraction of sp³-hybridized carbons (Fsp3) is 0.462. The molecular weight excluding hydrogens is 332 g/mol. The number of rotatable bonds is 5. The van der Waals surface area contributed by atoms with Crippen LogP contribution in [-0.2, 0) is 0 Å². The van der Waals surface area contributed by atoms with E-state index in [9.17, 15) is 4.79 Å². The predicted molar refractivity (Wildman–Crippen MR) is 81.7 cm³/mol. The number of anilines is 1. The first-order valence-corrected chi connectivity index (χ1v) is 7.12. The molecular formula is C13H18BrClN2O2. The van der Waals surface area contributed by atoms with E-state index in [0.717, 1.165) is 4.47 Å². The molecule has 0 aromatic heterocycles. The number of carbonyl (C=O) groups is 1. The highest BCUT2D eigenvalue weighted by Crippen LogP contribution is 2.25. The van der Waals surface area contributed by atoms with Gasteiger partial charge in [-0.1, -0.05) is 25.4 Å². The summed E-state index contributed by atoms with van der Waals surface area (Å²) in [5.74, 6) is 0. The van der Waals surface area contributed by atoms with Crippen molar-refractivity contribution in [1.29, 1.82) is 0 Å². The van der Waals surface area contributed by atoms with Crippen molar-refractivity contribution in [3.63, 3.8) is 0 Å². The molecule has 0 heterocycles. The van der Waals surface area contributed by atoms with E-state index in [2.05, 4.69) is 26.6 Å². The Hall–Kier alpha value is -0.780. The second-order valence-corrected chi connectivity index (χ2v) is 6.34. The maximum absolute atomic E-state index is 11.7. The van der Waals surface area contributed by atoms with Crippen molar-refractivity contribution in [2.45, 2.75) is 20.3 Å². The van der Waals surface area contributed by atoms with Crippen LogP contribution in [-0.4, -0.2) is 24.3 Å². The lowest BCUT2D eigenvalue weighted by Gasteiger charge is -2.23. The van der Waals surface area contributed by atoms with Gasteiger partial charge in [0.2, 0.25) is 0 Å². The van der Waals surface area contributed by atoms with Crippen LogP contribution in [0.5, 0.6) is 0 Å². The number of carbonyl (C=O) groups excluding carboxylic acids is 1. The van der Waals surface area contributed by atoms with E-state index in [0.29, 0.717) is 23.7 Å². The number of aliphatic hydroxyl groups is 1. The molecule has 0 radical (unpaired) electrons. The molecule has 1 rings (SSSR count). The van der Waals surface area contributed by atoms with Crippen molar-refractivity contribution in [3.8, 4) is 0 Å². The first-order valence-electron chi connectivity index (χ1n) is 5.95. The monoisotopic (exact) mass is 348 g/mol. The first-order chi connectivity index (χ1) is 8.84. The van der Waals surface area contributed by atoms with Gasteiger partial charge in [0, 0.05) is 23.3 Å². The van der Waals surface area contributed by atoms with Crippen LogP contribution in [0.1, 0.15) is 20.3 Å². The number of halogens is 2. The van der Waals surface area contributed by atoms with Crippen LogP contribution in [0.3, 0.4) is 0 Å². The standard InChI is InChI=1S/C13H18BrClN2O2/c1-13(2,5-6-18)8-16-12(19)17-9-3-4-11(15)10(14)7-9/h3-4,7,18H,5-6,8H2,1-2H3,(H2,16,17,19). The van der Waals surface area contributed by atoms with Crippen LogP contribution < -0.4 is 10.6 Å². The smallest absolute Gasteiger partial charge is 0.319 e. The molecule has 0 spiro atoms. The normalized spacial score (nSPS) is 11.2.